The Balaban J connectivity index is 1.73. The SMILES string of the molecule is OCCOc1cc2ncnc(Nc3ccc(Cl)c(Cl)c3F)c2cc1OC1CCNCC1. The van der Waals surface area contributed by atoms with Gasteiger partial charge in [-0.1, -0.05) is 23.2 Å². The van der Waals surface area contributed by atoms with Crippen LogP contribution in [0.3, 0.4) is 0 Å². The number of nitrogens with one attached hydrogen (secondary N) is 2. The van der Waals surface area contributed by atoms with Gasteiger partial charge >= 0.3 is 0 Å². The Hall–Kier alpha value is -2.39. The highest BCUT2D eigenvalue weighted by atomic mass is 35.5. The molecule has 0 radical (unpaired) electrons. The number of anilines is 2. The number of nitrogens with zero attached hydrogens (tertiary/aromatic N) is 2. The third kappa shape index (κ3) is 4.93. The van der Waals surface area contributed by atoms with E-state index in [-0.39, 0.29) is 35.1 Å². The number of piperidine rings is 1. The molecule has 0 saturated carbocycles. The number of fused-ring (bicyclic) bond motifs is 1. The van der Waals surface area contributed by atoms with Crippen LogP contribution >= 0.6 is 23.2 Å². The van der Waals surface area contributed by atoms with Crippen molar-refractivity contribution in [2.75, 3.05) is 31.6 Å². The fourth-order valence-corrected chi connectivity index (χ4v) is 3.68. The van der Waals surface area contributed by atoms with Gasteiger partial charge < -0.3 is 25.2 Å². The van der Waals surface area contributed by atoms with E-state index in [9.17, 15) is 4.39 Å². The number of halogens is 3. The molecule has 1 aliphatic heterocycles. The van der Waals surface area contributed by atoms with E-state index in [0.717, 1.165) is 25.9 Å². The van der Waals surface area contributed by atoms with Crippen LogP contribution in [-0.4, -0.2) is 47.5 Å². The average molecular weight is 467 g/mol. The summed E-state index contributed by atoms with van der Waals surface area (Å²) in [6.45, 7) is 1.74. The lowest BCUT2D eigenvalue weighted by atomic mass is 10.1. The molecule has 1 fully saturated rings. The number of rotatable bonds is 7. The Morgan fingerprint density at radius 2 is 1.97 bits per heavy atom. The van der Waals surface area contributed by atoms with Gasteiger partial charge in [-0.2, -0.15) is 0 Å². The molecule has 31 heavy (non-hydrogen) atoms. The molecule has 1 aromatic heterocycles. The smallest absolute Gasteiger partial charge is 0.166 e. The summed E-state index contributed by atoms with van der Waals surface area (Å²) in [7, 11) is 0. The highest BCUT2D eigenvalue weighted by Gasteiger charge is 2.19. The molecule has 2 aromatic carbocycles. The minimum atomic E-state index is -0.671. The standard InChI is InChI=1S/C21H21Cl2FN4O3/c22-14-1-2-15(20(24)19(14)23)28-21-13-9-18(31-12-3-5-25-6-4-12)17(30-8-7-29)10-16(13)26-11-27-21/h1-2,9-12,25,29H,3-8H2,(H,26,27,28). The van der Waals surface area contributed by atoms with Gasteiger partial charge in [0.25, 0.3) is 0 Å². The third-order valence-electron chi connectivity index (χ3n) is 4.92. The van der Waals surface area contributed by atoms with Crippen LogP contribution in [0.2, 0.25) is 10.0 Å². The molecule has 0 amide bonds. The molecule has 2 heterocycles. The maximum absolute atomic E-state index is 14.5. The molecule has 4 rings (SSSR count). The second kappa shape index (κ2) is 9.82. The summed E-state index contributed by atoms with van der Waals surface area (Å²) in [5.74, 6) is 0.701. The van der Waals surface area contributed by atoms with Crippen molar-refractivity contribution >= 4 is 45.6 Å². The quantitative estimate of drug-likeness (QED) is 0.446. The summed E-state index contributed by atoms with van der Waals surface area (Å²) in [4.78, 5) is 8.56. The zero-order valence-corrected chi connectivity index (χ0v) is 18.0. The van der Waals surface area contributed by atoms with E-state index in [2.05, 4.69) is 20.6 Å². The van der Waals surface area contributed by atoms with Crippen LogP contribution in [0, 0.1) is 5.82 Å². The van der Waals surface area contributed by atoms with Gasteiger partial charge in [0.05, 0.1) is 27.9 Å². The van der Waals surface area contributed by atoms with Crippen molar-refractivity contribution in [3.8, 4) is 11.5 Å². The first-order valence-electron chi connectivity index (χ1n) is 9.87. The number of aromatic nitrogens is 2. The van der Waals surface area contributed by atoms with Crippen molar-refractivity contribution < 1.29 is 19.0 Å². The topological polar surface area (TPSA) is 88.5 Å². The summed E-state index contributed by atoms with van der Waals surface area (Å²) in [5, 5.41) is 16.0. The van der Waals surface area contributed by atoms with Gasteiger partial charge in [0.15, 0.2) is 17.3 Å². The van der Waals surface area contributed by atoms with Crippen molar-refractivity contribution in [2.45, 2.75) is 18.9 Å². The number of benzene rings is 2. The molecular weight excluding hydrogens is 446 g/mol. The van der Waals surface area contributed by atoms with E-state index in [0.29, 0.717) is 28.2 Å². The van der Waals surface area contributed by atoms with Gasteiger partial charge in [0, 0.05) is 11.5 Å². The molecule has 0 bridgehead atoms. The normalized spacial score (nSPS) is 14.6. The molecule has 0 spiro atoms. The summed E-state index contributed by atoms with van der Waals surface area (Å²) < 4.78 is 26.4. The van der Waals surface area contributed by atoms with Crippen molar-refractivity contribution in [2.24, 2.45) is 0 Å². The van der Waals surface area contributed by atoms with Gasteiger partial charge in [-0.05, 0) is 44.1 Å². The van der Waals surface area contributed by atoms with Crippen LogP contribution in [0.15, 0.2) is 30.6 Å². The molecule has 164 valence electrons. The second-order valence-corrected chi connectivity index (χ2v) is 7.81. The first-order valence-corrected chi connectivity index (χ1v) is 10.6. The van der Waals surface area contributed by atoms with Crippen LogP contribution in [0.25, 0.3) is 10.9 Å². The number of hydrogen-bond donors (Lipinski definition) is 3. The molecule has 3 N–H and O–H groups in total. The Bertz CT molecular complexity index is 1080. The van der Waals surface area contributed by atoms with Crippen LogP contribution in [0.5, 0.6) is 11.5 Å². The average Bonchev–Trinajstić information content (AvgIpc) is 2.79. The third-order valence-corrected chi connectivity index (χ3v) is 5.70. The summed E-state index contributed by atoms with van der Waals surface area (Å²) >= 11 is 11.8. The molecular formula is C21H21Cl2FN4O3. The summed E-state index contributed by atoms with van der Waals surface area (Å²) in [6, 6.07) is 6.48. The predicted octanol–water partition coefficient (Wildman–Crippen LogP) is 4.32. The minimum Gasteiger partial charge on any atom is -0.487 e. The Morgan fingerprint density at radius 1 is 1.16 bits per heavy atom. The van der Waals surface area contributed by atoms with Crippen LogP contribution in [0.1, 0.15) is 12.8 Å². The van der Waals surface area contributed by atoms with Crippen LogP contribution in [0.4, 0.5) is 15.9 Å². The molecule has 10 heteroatoms. The maximum atomic E-state index is 14.5. The molecule has 0 unspecified atom stereocenters. The maximum Gasteiger partial charge on any atom is 0.166 e. The first-order chi connectivity index (χ1) is 15.1. The first kappa shape index (κ1) is 21.8. The lowest BCUT2D eigenvalue weighted by Crippen LogP contribution is -2.34. The van der Waals surface area contributed by atoms with Gasteiger partial charge in [0.1, 0.15) is 24.9 Å². The zero-order valence-electron chi connectivity index (χ0n) is 16.5. The highest BCUT2D eigenvalue weighted by molar-refractivity contribution is 6.42. The summed E-state index contributed by atoms with van der Waals surface area (Å²) in [6.07, 6.45) is 3.12. The van der Waals surface area contributed by atoms with Crippen LogP contribution in [-0.2, 0) is 0 Å². The minimum absolute atomic E-state index is 0.0312. The van der Waals surface area contributed by atoms with Gasteiger partial charge in [-0.15, -0.1) is 0 Å². The number of ether oxygens (including phenoxy) is 2. The van der Waals surface area contributed by atoms with Crippen molar-refractivity contribution in [3.05, 3.63) is 46.5 Å². The van der Waals surface area contributed by atoms with E-state index < -0.39 is 5.82 Å². The van der Waals surface area contributed by atoms with E-state index in [1.807, 2.05) is 0 Å². The zero-order chi connectivity index (χ0) is 21.8. The fraction of sp³-hybridized carbons (Fsp3) is 0.333. The van der Waals surface area contributed by atoms with Crippen LogP contribution < -0.4 is 20.1 Å². The van der Waals surface area contributed by atoms with Gasteiger partial charge in [0.2, 0.25) is 0 Å². The second-order valence-electron chi connectivity index (χ2n) is 7.03. The number of aliphatic hydroxyl groups excluding tert-OH is 1. The Morgan fingerprint density at radius 3 is 2.74 bits per heavy atom. The Labute approximate surface area is 188 Å². The van der Waals surface area contributed by atoms with E-state index in [4.69, 9.17) is 37.8 Å². The lowest BCUT2D eigenvalue weighted by molar-refractivity contribution is 0.148. The highest BCUT2D eigenvalue weighted by Crippen LogP contribution is 2.37. The van der Waals surface area contributed by atoms with Crippen molar-refractivity contribution in [3.63, 3.8) is 0 Å². The van der Waals surface area contributed by atoms with Crippen molar-refractivity contribution in [1.82, 2.24) is 15.3 Å². The van der Waals surface area contributed by atoms with Crippen molar-refractivity contribution in [1.29, 1.82) is 0 Å². The van der Waals surface area contributed by atoms with E-state index in [1.165, 1.54) is 18.5 Å². The van der Waals surface area contributed by atoms with E-state index >= 15 is 0 Å². The lowest BCUT2D eigenvalue weighted by Gasteiger charge is -2.25. The number of hydrogen-bond acceptors (Lipinski definition) is 7. The molecule has 7 nitrogen and oxygen atoms in total. The molecule has 0 atom stereocenters. The Kier molecular flexibility index (Phi) is 6.92. The predicted molar refractivity (Wildman–Crippen MR) is 118 cm³/mol. The molecule has 3 aromatic rings. The largest absolute Gasteiger partial charge is 0.487 e. The fourth-order valence-electron chi connectivity index (χ4n) is 3.37. The molecule has 1 saturated heterocycles. The summed E-state index contributed by atoms with van der Waals surface area (Å²) in [5.41, 5.74) is 0.708. The number of aliphatic hydroxyl groups is 1. The van der Waals surface area contributed by atoms with Gasteiger partial charge in [-0.3, -0.25) is 0 Å². The monoisotopic (exact) mass is 466 g/mol. The van der Waals surface area contributed by atoms with E-state index in [1.54, 1.807) is 12.1 Å². The molecule has 0 aliphatic carbocycles. The van der Waals surface area contributed by atoms with Gasteiger partial charge in [-0.25, -0.2) is 14.4 Å². The molecule has 1 aliphatic rings.